The van der Waals surface area contributed by atoms with E-state index in [1.807, 2.05) is 0 Å². The summed E-state index contributed by atoms with van der Waals surface area (Å²) >= 11 is 0. The van der Waals surface area contributed by atoms with Crippen molar-refractivity contribution in [3.8, 4) is 11.8 Å². The van der Waals surface area contributed by atoms with E-state index in [1.165, 1.54) is 18.2 Å². The molecule has 0 bridgehead atoms. The summed E-state index contributed by atoms with van der Waals surface area (Å²) in [6.45, 7) is 2.84. The summed E-state index contributed by atoms with van der Waals surface area (Å²) in [4.78, 5) is 23.9. The Hall–Kier alpha value is -2.70. The zero-order valence-corrected chi connectivity index (χ0v) is 15.3. The standard InChI is InChI=1S/C19H25N3O5/c1-19(2,21)16(18(26)22-27)15-10-12(8-9-14(15)17(20)25)6-4-3-5-7-13(24)11-23/h3,5,8-10,13,16,23-24,27H,7,11,21H2,1-2H3,(H2,20,25)(H,22,26)/b5-3+/t13?,16-/m1/s1. The van der Waals surface area contributed by atoms with Gasteiger partial charge in [-0.05, 0) is 50.1 Å². The number of aliphatic hydroxyl groups is 2. The Morgan fingerprint density at radius 1 is 1.37 bits per heavy atom. The maximum Gasteiger partial charge on any atom is 0.252 e. The van der Waals surface area contributed by atoms with Crippen LogP contribution in [0.15, 0.2) is 30.4 Å². The van der Waals surface area contributed by atoms with Crippen LogP contribution in [0.2, 0.25) is 0 Å². The number of benzene rings is 1. The van der Waals surface area contributed by atoms with E-state index in [0.29, 0.717) is 5.56 Å². The maximum atomic E-state index is 12.2. The van der Waals surface area contributed by atoms with Gasteiger partial charge in [0.15, 0.2) is 0 Å². The Kier molecular flexibility index (Phi) is 8.15. The number of amides is 2. The molecule has 8 nitrogen and oxygen atoms in total. The molecule has 0 saturated carbocycles. The molecule has 0 aliphatic rings. The molecule has 1 aromatic carbocycles. The van der Waals surface area contributed by atoms with Gasteiger partial charge in [0.05, 0.1) is 18.6 Å². The highest BCUT2D eigenvalue weighted by Gasteiger charge is 2.35. The number of rotatable bonds is 7. The second-order valence-electron chi connectivity index (χ2n) is 6.64. The number of allylic oxidation sites excluding steroid dienone is 1. The largest absolute Gasteiger partial charge is 0.394 e. The van der Waals surface area contributed by atoms with Gasteiger partial charge in [-0.3, -0.25) is 14.8 Å². The van der Waals surface area contributed by atoms with Crippen LogP contribution in [0.4, 0.5) is 0 Å². The molecule has 27 heavy (non-hydrogen) atoms. The van der Waals surface area contributed by atoms with Crippen molar-refractivity contribution < 1.29 is 25.0 Å². The first-order valence-electron chi connectivity index (χ1n) is 8.23. The molecule has 0 aliphatic heterocycles. The van der Waals surface area contributed by atoms with Gasteiger partial charge < -0.3 is 21.7 Å². The smallest absolute Gasteiger partial charge is 0.252 e. The van der Waals surface area contributed by atoms with Gasteiger partial charge >= 0.3 is 0 Å². The molecule has 0 aromatic heterocycles. The fraction of sp³-hybridized carbons (Fsp3) is 0.368. The second-order valence-corrected chi connectivity index (χ2v) is 6.64. The van der Waals surface area contributed by atoms with Crippen LogP contribution in [0.25, 0.3) is 0 Å². The Labute approximate surface area is 157 Å². The molecule has 2 amide bonds. The first kappa shape index (κ1) is 22.3. The minimum atomic E-state index is -1.09. The number of hydrogen-bond donors (Lipinski definition) is 6. The first-order chi connectivity index (χ1) is 12.6. The minimum absolute atomic E-state index is 0.106. The highest BCUT2D eigenvalue weighted by molar-refractivity contribution is 5.97. The zero-order valence-electron chi connectivity index (χ0n) is 15.3. The number of carbonyl (C=O) groups excluding carboxylic acids is 2. The average Bonchev–Trinajstić information content (AvgIpc) is 2.59. The van der Waals surface area contributed by atoms with Crippen molar-refractivity contribution in [2.24, 2.45) is 11.5 Å². The molecule has 0 saturated heterocycles. The fourth-order valence-electron chi connectivity index (χ4n) is 2.53. The molecule has 146 valence electrons. The van der Waals surface area contributed by atoms with Crippen LogP contribution in [-0.2, 0) is 4.79 Å². The quantitative estimate of drug-likeness (QED) is 0.219. The second kappa shape index (κ2) is 9.85. The number of carbonyl (C=O) groups is 2. The summed E-state index contributed by atoms with van der Waals surface area (Å²) in [7, 11) is 0. The Balaban J connectivity index is 3.29. The van der Waals surface area contributed by atoms with E-state index in [-0.39, 0.29) is 24.2 Å². The lowest BCUT2D eigenvalue weighted by molar-refractivity contribution is -0.132. The van der Waals surface area contributed by atoms with Crippen LogP contribution in [0.5, 0.6) is 0 Å². The number of nitrogens with two attached hydrogens (primary N) is 2. The molecule has 0 heterocycles. The van der Waals surface area contributed by atoms with Gasteiger partial charge in [-0.25, -0.2) is 5.48 Å². The predicted octanol–water partition coefficient (Wildman–Crippen LogP) is -0.237. The van der Waals surface area contributed by atoms with E-state index in [9.17, 15) is 14.7 Å². The molecule has 1 aromatic rings. The summed E-state index contributed by atoms with van der Waals surface area (Å²) in [5.74, 6) is 3.05. The van der Waals surface area contributed by atoms with E-state index < -0.39 is 29.4 Å². The molecule has 2 atom stereocenters. The van der Waals surface area contributed by atoms with Crippen LogP contribution in [0.1, 0.15) is 47.7 Å². The topological polar surface area (TPSA) is 159 Å². The van der Waals surface area contributed by atoms with Crippen molar-refractivity contribution in [2.45, 2.75) is 37.8 Å². The number of nitrogens with one attached hydrogen (secondary N) is 1. The van der Waals surface area contributed by atoms with Crippen molar-refractivity contribution in [1.29, 1.82) is 0 Å². The van der Waals surface area contributed by atoms with Crippen LogP contribution in [0, 0.1) is 11.8 Å². The number of primary amides is 1. The molecule has 0 spiro atoms. The number of hydrogen-bond acceptors (Lipinski definition) is 6. The fourth-order valence-corrected chi connectivity index (χ4v) is 2.53. The monoisotopic (exact) mass is 375 g/mol. The van der Waals surface area contributed by atoms with Crippen molar-refractivity contribution >= 4 is 11.8 Å². The number of hydroxylamine groups is 1. The summed E-state index contributed by atoms with van der Waals surface area (Å²) in [6, 6.07) is 4.55. The SMILES string of the molecule is CC(C)(N)[C@@H](C(=O)NO)c1cc(C#C/C=C/CC(O)CO)ccc1C(N)=O. The van der Waals surface area contributed by atoms with E-state index in [2.05, 4.69) is 11.8 Å². The van der Waals surface area contributed by atoms with E-state index >= 15 is 0 Å². The summed E-state index contributed by atoms with van der Waals surface area (Å²) in [5, 5.41) is 27.0. The molecule has 0 fully saturated rings. The molecular formula is C19H25N3O5. The normalized spacial score (nSPS) is 13.6. The van der Waals surface area contributed by atoms with Crippen molar-refractivity contribution in [2.75, 3.05) is 6.61 Å². The third-order valence-corrected chi connectivity index (χ3v) is 3.78. The lowest BCUT2D eigenvalue weighted by atomic mass is 9.79. The molecular weight excluding hydrogens is 350 g/mol. The molecule has 0 radical (unpaired) electrons. The van der Waals surface area contributed by atoms with Gasteiger partial charge in [-0.2, -0.15) is 0 Å². The van der Waals surface area contributed by atoms with E-state index in [0.717, 1.165) is 0 Å². The highest BCUT2D eigenvalue weighted by Crippen LogP contribution is 2.30. The van der Waals surface area contributed by atoms with Gasteiger partial charge in [-0.1, -0.05) is 17.9 Å². The maximum absolute atomic E-state index is 12.2. The molecule has 8 N–H and O–H groups in total. The van der Waals surface area contributed by atoms with Gasteiger partial charge in [0, 0.05) is 16.7 Å². The molecule has 0 aliphatic carbocycles. The van der Waals surface area contributed by atoms with Crippen LogP contribution < -0.4 is 16.9 Å². The lowest BCUT2D eigenvalue weighted by Gasteiger charge is -2.30. The summed E-state index contributed by atoms with van der Waals surface area (Å²) in [5.41, 5.74) is 12.8. The summed E-state index contributed by atoms with van der Waals surface area (Å²) < 4.78 is 0. The van der Waals surface area contributed by atoms with Crippen LogP contribution >= 0.6 is 0 Å². The highest BCUT2D eigenvalue weighted by atomic mass is 16.5. The van der Waals surface area contributed by atoms with Gasteiger partial charge in [-0.15, -0.1) is 0 Å². The van der Waals surface area contributed by atoms with Gasteiger partial charge in [0.2, 0.25) is 5.91 Å². The minimum Gasteiger partial charge on any atom is -0.394 e. The van der Waals surface area contributed by atoms with Crippen molar-refractivity contribution in [3.63, 3.8) is 0 Å². The van der Waals surface area contributed by atoms with E-state index in [4.69, 9.17) is 21.8 Å². The Morgan fingerprint density at radius 2 is 2.04 bits per heavy atom. The third kappa shape index (κ3) is 6.51. The zero-order chi connectivity index (χ0) is 20.6. The van der Waals surface area contributed by atoms with Gasteiger partial charge in [0.1, 0.15) is 0 Å². The van der Waals surface area contributed by atoms with Crippen LogP contribution in [-0.4, -0.2) is 45.5 Å². The number of aliphatic hydroxyl groups excluding tert-OH is 2. The first-order valence-corrected chi connectivity index (χ1v) is 8.23. The Bertz CT molecular complexity index is 772. The van der Waals surface area contributed by atoms with Crippen LogP contribution in [0.3, 0.4) is 0 Å². The van der Waals surface area contributed by atoms with Crippen molar-refractivity contribution in [1.82, 2.24) is 5.48 Å². The third-order valence-electron chi connectivity index (χ3n) is 3.78. The van der Waals surface area contributed by atoms with Gasteiger partial charge in [0.25, 0.3) is 5.91 Å². The molecule has 8 heteroatoms. The van der Waals surface area contributed by atoms with Crippen molar-refractivity contribution in [3.05, 3.63) is 47.0 Å². The molecule has 1 unspecified atom stereocenters. The summed E-state index contributed by atoms with van der Waals surface area (Å²) in [6.07, 6.45) is 2.55. The Morgan fingerprint density at radius 3 is 2.56 bits per heavy atom. The average molecular weight is 375 g/mol. The molecule has 1 rings (SSSR count). The van der Waals surface area contributed by atoms with E-state index in [1.54, 1.807) is 31.5 Å². The predicted molar refractivity (Wildman–Crippen MR) is 99.6 cm³/mol. The lowest BCUT2D eigenvalue weighted by Crippen LogP contribution is -2.47.